The fraction of sp³-hybridized carbons (Fsp3) is 0.500. The van der Waals surface area contributed by atoms with Gasteiger partial charge >= 0.3 is 0 Å². The maximum Gasteiger partial charge on any atom is 0.224 e. The Hall–Kier alpha value is -1.60. The fourth-order valence-corrected chi connectivity index (χ4v) is 3.81. The summed E-state index contributed by atoms with van der Waals surface area (Å²) in [7, 11) is -3.63. The normalized spacial score (nSPS) is 22.0. The van der Waals surface area contributed by atoms with Gasteiger partial charge in [-0.1, -0.05) is 18.2 Å². The first-order valence-corrected chi connectivity index (χ1v) is 8.68. The Morgan fingerprint density at radius 1 is 1.19 bits per heavy atom. The molecule has 0 radical (unpaired) electrons. The third-order valence-electron chi connectivity index (χ3n) is 4.27. The number of hydrogen-bond acceptors (Lipinski definition) is 4. The first-order valence-electron chi connectivity index (χ1n) is 7.07. The van der Waals surface area contributed by atoms with Gasteiger partial charge in [-0.05, 0) is 18.1 Å². The summed E-state index contributed by atoms with van der Waals surface area (Å²) >= 11 is 0. The lowest BCUT2D eigenvalue weighted by atomic mass is 10.2. The summed E-state index contributed by atoms with van der Waals surface area (Å²) < 4.78 is 22.7. The molecule has 2 N–H and O–H groups in total. The highest BCUT2D eigenvalue weighted by molar-refractivity contribution is 7.89. The molecule has 7 heteroatoms. The van der Waals surface area contributed by atoms with Gasteiger partial charge < -0.3 is 9.80 Å². The van der Waals surface area contributed by atoms with Crippen LogP contribution in [0.15, 0.2) is 24.3 Å². The molecule has 2 heterocycles. The zero-order chi connectivity index (χ0) is 15.0. The van der Waals surface area contributed by atoms with Crippen molar-refractivity contribution in [2.24, 2.45) is 5.14 Å². The van der Waals surface area contributed by atoms with Crippen molar-refractivity contribution in [3.05, 3.63) is 29.8 Å². The summed E-state index contributed by atoms with van der Waals surface area (Å²) in [6.45, 7) is 2.42. The van der Waals surface area contributed by atoms with E-state index in [1.165, 1.54) is 11.3 Å². The number of primary sulfonamides is 1. The predicted molar refractivity (Wildman–Crippen MR) is 80.5 cm³/mol. The van der Waals surface area contributed by atoms with Gasteiger partial charge in [-0.3, -0.25) is 4.79 Å². The van der Waals surface area contributed by atoms with Crippen LogP contribution in [0.4, 0.5) is 5.69 Å². The second-order valence-corrected chi connectivity index (χ2v) is 7.47. The van der Waals surface area contributed by atoms with Crippen molar-refractivity contribution in [2.45, 2.75) is 18.1 Å². The van der Waals surface area contributed by atoms with Crippen LogP contribution in [-0.4, -0.2) is 50.7 Å². The number of rotatable bonds is 4. The molecule has 6 nitrogen and oxygen atoms in total. The van der Waals surface area contributed by atoms with E-state index in [0.29, 0.717) is 6.54 Å². The van der Waals surface area contributed by atoms with E-state index in [4.69, 9.17) is 5.14 Å². The lowest BCUT2D eigenvalue weighted by molar-refractivity contribution is -0.127. The van der Waals surface area contributed by atoms with Gasteiger partial charge in [0.2, 0.25) is 15.9 Å². The smallest absolute Gasteiger partial charge is 0.224 e. The largest absolute Gasteiger partial charge is 0.369 e. The number of likely N-dealkylation sites (tertiary alicyclic amines) is 1. The molecule has 0 bridgehead atoms. The Bertz CT molecular complexity index is 659. The molecule has 1 saturated heterocycles. The third-order valence-corrected chi connectivity index (χ3v) is 5.51. The molecule has 2 aliphatic rings. The number of benzene rings is 1. The van der Waals surface area contributed by atoms with Crippen molar-refractivity contribution in [2.75, 3.05) is 31.1 Å². The van der Waals surface area contributed by atoms with Gasteiger partial charge in [-0.2, -0.15) is 0 Å². The maximum atomic E-state index is 11.9. The van der Waals surface area contributed by atoms with Gasteiger partial charge in [0.25, 0.3) is 0 Å². The number of hydrogen-bond donors (Lipinski definition) is 1. The van der Waals surface area contributed by atoms with Gasteiger partial charge in [-0.15, -0.1) is 0 Å². The highest BCUT2D eigenvalue weighted by Gasteiger charge is 2.36. The molecule has 114 valence electrons. The SMILES string of the molecule is NS(=O)(=O)C1CC(=O)N(CCN2CCc3ccccc32)C1. The maximum absolute atomic E-state index is 11.9. The molecule has 1 unspecified atom stereocenters. The van der Waals surface area contributed by atoms with E-state index in [1.807, 2.05) is 12.1 Å². The Balaban J connectivity index is 1.61. The van der Waals surface area contributed by atoms with E-state index in [9.17, 15) is 13.2 Å². The van der Waals surface area contributed by atoms with E-state index in [2.05, 4.69) is 17.0 Å². The minimum Gasteiger partial charge on any atom is -0.369 e. The molecule has 1 amide bonds. The Labute approximate surface area is 124 Å². The molecule has 21 heavy (non-hydrogen) atoms. The van der Waals surface area contributed by atoms with Crippen LogP contribution < -0.4 is 10.0 Å². The van der Waals surface area contributed by atoms with Crippen LogP contribution in [-0.2, 0) is 21.2 Å². The number of para-hydroxylation sites is 1. The standard InChI is InChI=1S/C14H19N3O3S/c15-21(19,20)12-9-14(18)17(10-12)8-7-16-6-5-11-3-1-2-4-13(11)16/h1-4,12H,5-10H2,(H2,15,19,20). The van der Waals surface area contributed by atoms with Crippen LogP contribution in [0, 0.1) is 0 Å². The molecular formula is C14H19N3O3S. The van der Waals surface area contributed by atoms with E-state index < -0.39 is 15.3 Å². The van der Waals surface area contributed by atoms with E-state index in [-0.39, 0.29) is 18.9 Å². The second-order valence-electron chi connectivity index (χ2n) is 5.62. The molecule has 0 aromatic heterocycles. The highest BCUT2D eigenvalue weighted by atomic mass is 32.2. The number of carbonyl (C=O) groups excluding carboxylic acids is 1. The summed E-state index contributed by atoms with van der Waals surface area (Å²) in [6.07, 6.45) is 1.03. The molecule has 2 aliphatic heterocycles. The molecule has 0 saturated carbocycles. The molecule has 3 rings (SSSR count). The number of nitrogens with two attached hydrogens (primary N) is 1. The summed E-state index contributed by atoms with van der Waals surface area (Å²) in [4.78, 5) is 15.7. The summed E-state index contributed by atoms with van der Waals surface area (Å²) in [5.74, 6) is -0.124. The van der Waals surface area contributed by atoms with Crippen molar-refractivity contribution >= 4 is 21.6 Å². The zero-order valence-corrected chi connectivity index (χ0v) is 12.6. The number of amides is 1. The van der Waals surface area contributed by atoms with Crippen molar-refractivity contribution in [3.63, 3.8) is 0 Å². The van der Waals surface area contributed by atoms with Gasteiger partial charge in [0.05, 0.1) is 0 Å². The molecule has 1 aromatic rings. The van der Waals surface area contributed by atoms with Crippen LogP contribution in [0.5, 0.6) is 0 Å². The predicted octanol–water partition coefficient (Wildman–Crippen LogP) is -0.0615. The lowest BCUT2D eigenvalue weighted by Crippen LogP contribution is -2.37. The number of nitrogens with zero attached hydrogens (tertiary/aromatic N) is 2. The van der Waals surface area contributed by atoms with Crippen LogP contribution in [0.3, 0.4) is 0 Å². The van der Waals surface area contributed by atoms with Crippen LogP contribution in [0.1, 0.15) is 12.0 Å². The molecule has 0 aliphatic carbocycles. The zero-order valence-electron chi connectivity index (χ0n) is 11.7. The van der Waals surface area contributed by atoms with Gasteiger partial charge in [0.1, 0.15) is 5.25 Å². The monoisotopic (exact) mass is 309 g/mol. The third kappa shape index (κ3) is 2.89. The van der Waals surface area contributed by atoms with Crippen LogP contribution in [0.25, 0.3) is 0 Å². The molecule has 0 spiro atoms. The topological polar surface area (TPSA) is 83.7 Å². The molecule has 1 fully saturated rings. The molecular weight excluding hydrogens is 290 g/mol. The number of carbonyl (C=O) groups is 1. The average Bonchev–Trinajstić information content (AvgIpc) is 3.00. The van der Waals surface area contributed by atoms with Crippen LogP contribution >= 0.6 is 0 Å². The Morgan fingerprint density at radius 2 is 1.90 bits per heavy atom. The lowest BCUT2D eigenvalue weighted by Gasteiger charge is -2.23. The molecule has 1 aromatic carbocycles. The second kappa shape index (κ2) is 5.31. The fourth-order valence-electron chi connectivity index (χ4n) is 3.05. The van der Waals surface area contributed by atoms with Crippen molar-refractivity contribution in [1.82, 2.24) is 4.90 Å². The first-order chi connectivity index (χ1) is 9.95. The minimum atomic E-state index is -3.63. The van der Waals surface area contributed by atoms with Gasteiger partial charge in [0, 0.05) is 38.3 Å². The number of sulfonamides is 1. The molecule has 1 atom stereocenters. The number of anilines is 1. The first kappa shape index (κ1) is 14.3. The van der Waals surface area contributed by atoms with Crippen molar-refractivity contribution < 1.29 is 13.2 Å². The average molecular weight is 309 g/mol. The summed E-state index contributed by atoms with van der Waals surface area (Å²) in [6, 6.07) is 8.24. The minimum absolute atomic E-state index is 0.00935. The summed E-state index contributed by atoms with van der Waals surface area (Å²) in [5.41, 5.74) is 2.54. The number of fused-ring (bicyclic) bond motifs is 1. The van der Waals surface area contributed by atoms with Crippen molar-refractivity contribution in [3.8, 4) is 0 Å². The highest BCUT2D eigenvalue weighted by Crippen LogP contribution is 2.27. The van der Waals surface area contributed by atoms with E-state index in [1.54, 1.807) is 4.90 Å². The van der Waals surface area contributed by atoms with Crippen molar-refractivity contribution in [1.29, 1.82) is 0 Å². The van der Waals surface area contributed by atoms with E-state index in [0.717, 1.165) is 19.5 Å². The Kier molecular flexibility index (Phi) is 3.62. The van der Waals surface area contributed by atoms with E-state index >= 15 is 0 Å². The van der Waals surface area contributed by atoms with Gasteiger partial charge in [0.15, 0.2) is 0 Å². The summed E-state index contributed by atoms with van der Waals surface area (Å²) in [5, 5.41) is 4.38. The Morgan fingerprint density at radius 3 is 2.62 bits per heavy atom. The van der Waals surface area contributed by atoms with Crippen LogP contribution in [0.2, 0.25) is 0 Å². The quantitative estimate of drug-likeness (QED) is 0.844. The van der Waals surface area contributed by atoms with Gasteiger partial charge in [-0.25, -0.2) is 13.6 Å².